The van der Waals surface area contributed by atoms with Gasteiger partial charge in [-0.2, -0.15) is 0 Å². The van der Waals surface area contributed by atoms with E-state index in [4.69, 9.17) is 9.47 Å². The normalized spacial score (nSPS) is 20.6. The van der Waals surface area contributed by atoms with Crippen LogP contribution in [0.15, 0.2) is 30.7 Å². The van der Waals surface area contributed by atoms with Gasteiger partial charge in [-0.1, -0.05) is 0 Å². The molecule has 1 aromatic carbocycles. The lowest BCUT2D eigenvalue weighted by molar-refractivity contribution is 0.140. The van der Waals surface area contributed by atoms with Gasteiger partial charge in [-0.25, -0.2) is 4.98 Å². The Morgan fingerprint density at radius 1 is 1.40 bits per heavy atom. The molecule has 0 spiro atoms. The van der Waals surface area contributed by atoms with Crippen molar-refractivity contribution in [1.82, 2.24) is 9.55 Å². The highest BCUT2D eigenvalue weighted by Crippen LogP contribution is 2.37. The largest absolute Gasteiger partial charge is 0.490 e. The SMILES string of the molecule is OC1COc2cc(OCc3cncn3C3CC3)ccc21. The molecule has 20 heavy (non-hydrogen) atoms. The maximum absolute atomic E-state index is 9.68. The third-order valence-electron chi connectivity index (χ3n) is 3.81. The van der Waals surface area contributed by atoms with Crippen LogP contribution in [-0.2, 0) is 6.61 Å². The highest BCUT2D eigenvalue weighted by atomic mass is 16.5. The van der Waals surface area contributed by atoms with Gasteiger partial charge in [0.05, 0.1) is 18.2 Å². The molecule has 1 atom stereocenters. The molecule has 0 amide bonds. The van der Waals surface area contributed by atoms with Crippen molar-refractivity contribution < 1.29 is 14.6 Å². The zero-order valence-electron chi connectivity index (χ0n) is 11.0. The number of ether oxygens (including phenoxy) is 2. The predicted molar refractivity (Wildman–Crippen MR) is 71.7 cm³/mol. The molecule has 1 aromatic heterocycles. The molecule has 0 saturated heterocycles. The average molecular weight is 272 g/mol. The van der Waals surface area contributed by atoms with Crippen LogP contribution in [0.2, 0.25) is 0 Å². The van der Waals surface area contributed by atoms with Crippen LogP contribution in [0.3, 0.4) is 0 Å². The first kappa shape index (κ1) is 11.8. The minimum absolute atomic E-state index is 0.327. The molecule has 1 aliphatic heterocycles. The standard InChI is InChI=1S/C15H16N2O3/c18-14-8-20-15-5-12(3-4-13(14)15)19-7-11-6-16-9-17(11)10-1-2-10/h3-6,9-10,14,18H,1-2,7-8H2. The highest BCUT2D eigenvalue weighted by molar-refractivity contribution is 5.44. The number of nitrogens with zero attached hydrogens (tertiary/aromatic N) is 2. The minimum atomic E-state index is -0.518. The summed E-state index contributed by atoms with van der Waals surface area (Å²) in [5, 5.41) is 9.68. The summed E-state index contributed by atoms with van der Waals surface area (Å²) in [5.41, 5.74) is 1.93. The van der Waals surface area contributed by atoms with Crippen molar-refractivity contribution in [2.75, 3.05) is 6.61 Å². The van der Waals surface area contributed by atoms with Crippen LogP contribution >= 0.6 is 0 Å². The Morgan fingerprint density at radius 3 is 3.15 bits per heavy atom. The van der Waals surface area contributed by atoms with E-state index in [1.54, 1.807) is 0 Å². The van der Waals surface area contributed by atoms with E-state index in [1.165, 1.54) is 12.8 Å². The van der Waals surface area contributed by atoms with Crippen LogP contribution in [0.4, 0.5) is 0 Å². The molecule has 1 aliphatic carbocycles. The molecule has 1 saturated carbocycles. The van der Waals surface area contributed by atoms with Crippen molar-refractivity contribution in [3.63, 3.8) is 0 Å². The van der Waals surface area contributed by atoms with E-state index >= 15 is 0 Å². The zero-order valence-corrected chi connectivity index (χ0v) is 11.0. The van der Waals surface area contributed by atoms with E-state index in [2.05, 4.69) is 9.55 Å². The topological polar surface area (TPSA) is 56.5 Å². The molecule has 5 heteroatoms. The molecule has 2 heterocycles. The number of hydrogen-bond acceptors (Lipinski definition) is 4. The van der Waals surface area contributed by atoms with Crippen molar-refractivity contribution in [3.8, 4) is 11.5 Å². The quantitative estimate of drug-likeness (QED) is 0.927. The van der Waals surface area contributed by atoms with Crippen molar-refractivity contribution in [3.05, 3.63) is 42.0 Å². The summed E-state index contributed by atoms with van der Waals surface area (Å²) in [6.45, 7) is 0.824. The first-order chi connectivity index (χ1) is 9.81. The van der Waals surface area contributed by atoms with Crippen LogP contribution in [0, 0.1) is 0 Å². The molecular weight excluding hydrogens is 256 g/mol. The number of aliphatic hydroxyl groups is 1. The first-order valence-electron chi connectivity index (χ1n) is 6.89. The third-order valence-corrected chi connectivity index (χ3v) is 3.81. The number of imidazole rings is 1. The average Bonchev–Trinajstić information content (AvgIpc) is 3.09. The van der Waals surface area contributed by atoms with E-state index in [9.17, 15) is 5.11 Å². The van der Waals surface area contributed by atoms with E-state index in [1.807, 2.05) is 30.7 Å². The van der Waals surface area contributed by atoms with E-state index in [0.717, 1.165) is 17.0 Å². The van der Waals surface area contributed by atoms with Crippen LogP contribution in [0.5, 0.6) is 11.5 Å². The van der Waals surface area contributed by atoms with Gasteiger partial charge in [0.1, 0.15) is 30.8 Å². The van der Waals surface area contributed by atoms with Gasteiger partial charge in [0.15, 0.2) is 0 Å². The number of aromatic nitrogens is 2. The maximum atomic E-state index is 9.68. The minimum Gasteiger partial charge on any atom is -0.490 e. The molecule has 1 unspecified atom stereocenters. The van der Waals surface area contributed by atoms with Crippen LogP contribution in [0.1, 0.15) is 36.2 Å². The number of rotatable bonds is 4. The molecule has 2 aromatic rings. The molecule has 5 nitrogen and oxygen atoms in total. The van der Waals surface area contributed by atoms with Crippen molar-refractivity contribution in [1.29, 1.82) is 0 Å². The number of fused-ring (bicyclic) bond motifs is 1. The number of benzene rings is 1. The Bertz CT molecular complexity index is 634. The Hall–Kier alpha value is -2.01. The fraction of sp³-hybridized carbons (Fsp3) is 0.400. The summed E-state index contributed by atoms with van der Waals surface area (Å²) < 4.78 is 13.4. The second-order valence-electron chi connectivity index (χ2n) is 5.34. The Morgan fingerprint density at radius 2 is 2.30 bits per heavy atom. The van der Waals surface area contributed by atoms with Gasteiger partial charge in [0.25, 0.3) is 0 Å². The van der Waals surface area contributed by atoms with Gasteiger partial charge in [0, 0.05) is 17.7 Å². The van der Waals surface area contributed by atoms with E-state index in [-0.39, 0.29) is 0 Å². The van der Waals surface area contributed by atoms with Gasteiger partial charge < -0.3 is 19.1 Å². The summed E-state index contributed by atoms with van der Waals surface area (Å²) >= 11 is 0. The fourth-order valence-corrected chi connectivity index (χ4v) is 2.55. The lowest BCUT2D eigenvalue weighted by Crippen LogP contribution is -2.03. The van der Waals surface area contributed by atoms with E-state index < -0.39 is 6.10 Å². The number of hydrogen-bond donors (Lipinski definition) is 1. The van der Waals surface area contributed by atoms with Crippen molar-refractivity contribution >= 4 is 0 Å². The molecule has 1 fully saturated rings. The fourth-order valence-electron chi connectivity index (χ4n) is 2.55. The van der Waals surface area contributed by atoms with Crippen LogP contribution < -0.4 is 9.47 Å². The van der Waals surface area contributed by atoms with Crippen LogP contribution in [-0.4, -0.2) is 21.3 Å². The molecule has 1 N–H and O–H groups in total. The smallest absolute Gasteiger partial charge is 0.130 e. The van der Waals surface area contributed by atoms with Crippen LogP contribution in [0.25, 0.3) is 0 Å². The highest BCUT2D eigenvalue weighted by Gasteiger charge is 2.25. The monoisotopic (exact) mass is 272 g/mol. The second-order valence-corrected chi connectivity index (χ2v) is 5.34. The van der Waals surface area contributed by atoms with Gasteiger partial charge >= 0.3 is 0 Å². The van der Waals surface area contributed by atoms with Gasteiger partial charge in [-0.15, -0.1) is 0 Å². The summed E-state index contributed by atoms with van der Waals surface area (Å²) in [4.78, 5) is 4.19. The number of aliphatic hydroxyl groups excluding tert-OH is 1. The molecule has 2 aliphatic rings. The molecule has 104 valence electrons. The van der Waals surface area contributed by atoms with E-state index in [0.29, 0.717) is 25.0 Å². The lowest BCUT2D eigenvalue weighted by Gasteiger charge is -2.10. The lowest BCUT2D eigenvalue weighted by atomic mass is 10.1. The van der Waals surface area contributed by atoms with Gasteiger partial charge in [0.2, 0.25) is 0 Å². The Kier molecular flexibility index (Phi) is 2.67. The Labute approximate surface area is 116 Å². The molecular formula is C15H16N2O3. The summed E-state index contributed by atoms with van der Waals surface area (Å²) in [5.74, 6) is 1.46. The van der Waals surface area contributed by atoms with Crippen molar-refractivity contribution in [2.24, 2.45) is 0 Å². The van der Waals surface area contributed by atoms with Gasteiger partial charge in [-0.3, -0.25) is 0 Å². The zero-order chi connectivity index (χ0) is 13.5. The Balaban J connectivity index is 1.48. The second kappa shape index (κ2) is 4.52. The predicted octanol–water partition coefficient (Wildman–Crippen LogP) is 2.22. The third kappa shape index (κ3) is 2.04. The molecule has 0 radical (unpaired) electrons. The molecule has 0 bridgehead atoms. The summed E-state index contributed by atoms with van der Waals surface area (Å²) in [7, 11) is 0. The summed E-state index contributed by atoms with van der Waals surface area (Å²) in [6.07, 6.45) is 5.67. The maximum Gasteiger partial charge on any atom is 0.130 e. The summed E-state index contributed by atoms with van der Waals surface area (Å²) in [6, 6.07) is 6.17. The van der Waals surface area contributed by atoms with Gasteiger partial charge in [-0.05, 0) is 25.0 Å². The first-order valence-corrected chi connectivity index (χ1v) is 6.89. The van der Waals surface area contributed by atoms with Crippen molar-refractivity contribution in [2.45, 2.75) is 31.6 Å². The molecule has 4 rings (SSSR count).